The number of halogens is 2. The molecule has 30 heavy (non-hydrogen) atoms. The summed E-state index contributed by atoms with van der Waals surface area (Å²) in [5.74, 6) is 0.00854. The Labute approximate surface area is 193 Å². The number of amides is 2. The summed E-state index contributed by atoms with van der Waals surface area (Å²) in [7, 11) is 4.57. The molecule has 1 fully saturated rings. The zero-order valence-electron chi connectivity index (χ0n) is 16.4. The van der Waals surface area contributed by atoms with Crippen LogP contribution in [0.2, 0.25) is 5.02 Å². The molecule has 0 unspecified atom stereocenters. The molecule has 2 aromatic rings. The number of rotatable bonds is 5. The fourth-order valence-corrected chi connectivity index (χ4v) is 3.63. The van der Waals surface area contributed by atoms with E-state index in [-0.39, 0.29) is 17.3 Å². The van der Waals surface area contributed by atoms with Crippen LogP contribution in [-0.2, 0) is 16.2 Å². The van der Waals surface area contributed by atoms with Gasteiger partial charge in [-0.1, -0.05) is 45.7 Å². The molecule has 0 atom stereocenters. The van der Waals surface area contributed by atoms with Gasteiger partial charge in [-0.25, -0.2) is 0 Å². The minimum Gasteiger partial charge on any atom is -0.493 e. The fourth-order valence-electron chi connectivity index (χ4n) is 2.84. The van der Waals surface area contributed by atoms with E-state index in [1.54, 1.807) is 18.2 Å². The standard InChI is InChI=1S/C21H18BrClN2O4S/c1-24-19(26)14(20(27)25(2)21(24)30)8-13-9-17(28-3)18(10-15(13)22)29-11-12-6-4-5-7-16(12)23/h4-10H,11H2,1-3H3. The lowest BCUT2D eigenvalue weighted by atomic mass is 10.1. The summed E-state index contributed by atoms with van der Waals surface area (Å²) in [4.78, 5) is 27.6. The van der Waals surface area contributed by atoms with Gasteiger partial charge >= 0.3 is 0 Å². The number of carbonyl (C=O) groups excluding carboxylic acids is 2. The summed E-state index contributed by atoms with van der Waals surface area (Å²) >= 11 is 14.8. The minimum absolute atomic E-state index is 0.00101. The Balaban J connectivity index is 1.93. The molecule has 1 heterocycles. The summed E-state index contributed by atoms with van der Waals surface area (Å²) in [6.07, 6.45) is 1.50. The summed E-state index contributed by atoms with van der Waals surface area (Å²) in [5.41, 5.74) is 1.42. The molecule has 2 amide bonds. The third kappa shape index (κ3) is 4.35. The highest BCUT2D eigenvalue weighted by molar-refractivity contribution is 9.10. The van der Waals surface area contributed by atoms with Gasteiger partial charge in [-0.05, 0) is 42.1 Å². The number of thiocarbonyl (C=S) groups is 1. The van der Waals surface area contributed by atoms with E-state index in [9.17, 15) is 9.59 Å². The monoisotopic (exact) mass is 508 g/mol. The maximum absolute atomic E-state index is 12.6. The van der Waals surface area contributed by atoms with Crippen LogP contribution < -0.4 is 9.47 Å². The number of nitrogens with zero attached hydrogens (tertiary/aromatic N) is 2. The number of benzene rings is 2. The van der Waals surface area contributed by atoms with Crippen LogP contribution in [0.25, 0.3) is 6.08 Å². The van der Waals surface area contributed by atoms with Crippen molar-refractivity contribution in [3.05, 3.63) is 62.6 Å². The van der Waals surface area contributed by atoms with Gasteiger partial charge in [0, 0.05) is 29.2 Å². The largest absolute Gasteiger partial charge is 0.493 e. The summed E-state index contributed by atoms with van der Waals surface area (Å²) in [5, 5.41) is 0.763. The Morgan fingerprint density at radius 3 is 2.33 bits per heavy atom. The lowest BCUT2D eigenvalue weighted by Gasteiger charge is -2.31. The van der Waals surface area contributed by atoms with E-state index in [4.69, 9.17) is 33.3 Å². The molecule has 0 radical (unpaired) electrons. The third-order valence-electron chi connectivity index (χ3n) is 4.57. The van der Waals surface area contributed by atoms with Gasteiger partial charge in [-0.15, -0.1) is 0 Å². The average Bonchev–Trinajstić information content (AvgIpc) is 2.74. The van der Waals surface area contributed by atoms with Crippen molar-refractivity contribution in [3.8, 4) is 11.5 Å². The highest BCUT2D eigenvalue weighted by atomic mass is 79.9. The van der Waals surface area contributed by atoms with Crippen molar-refractivity contribution in [2.45, 2.75) is 6.61 Å². The van der Waals surface area contributed by atoms with Crippen molar-refractivity contribution in [2.75, 3.05) is 21.2 Å². The lowest BCUT2D eigenvalue weighted by Crippen LogP contribution is -2.52. The molecule has 0 aromatic heterocycles. The molecule has 3 rings (SSSR count). The molecular formula is C21H18BrClN2O4S. The molecule has 0 N–H and O–H groups in total. The Morgan fingerprint density at radius 2 is 1.73 bits per heavy atom. The Morgan fingerprint density at radius 1 is 1.10 bits per heavy atom. The summed E-state index contributed by atoms with van der Waals surface area (Å²) < 4.78 is 12.0. The Kier molecular flexibility index (Phi) is 6.80. The highest BCUT2D eigenvalue weighted by Gasteiger charge is 2.35. The van der Waals surface area contributed by atoms with Crippen molar-refractivity contribution in [1.29, 1.82) is 0 Å². The van der Waals surface area contributed by atoms with Crippen LogP contribution in [0.3, 0.4) is 0 Å². The summed E-state index contributed by atoms with van der Waals surface area (Å²) in [6, 6.07) is 10.8. The predicted octanol–water partition coefficient (Wildman–Crippen LogP) is 4.29. The maximum Gasteiger partial charge on any atom is 0.265 e. The second-order valence-corrected chi connectivity index (χ2v) is 8.10. The molecule has 156 valence electrons. The molecule has 2 aromatic carbocycles. The number of hydrogen-bond acceptors (Lipinski definition) is 5. The number of hydrogen-bond donors (Lipinski definition) is 0. The van der Waals surface area contributed by atoms with E-state index in [2.05, 4.69) is 15.9 Å². The second-order valence-electron chi connectivity index (χ2n) is 6.47. The van der Waals surface area contributed by atoms with Crippen LogP contribution in [0.4, 0.5) is 0 Å². The summed E-state index contributed by atoms with van der Waals surface area (Å²) in [6.45, 7) is 0.257. The van der Waals surface area contributed by atoms with E-state index >= 15 is 0 Å². The Hall–Kier alpha value is -2.42. The minimum atomic E-state index is -0.465. The topological polar surface area (TPSA) is 59.1 Å². The first kappa shape index (κ1) is 22.3. The van der Waals surface area contributed by atoms with Crippen LogP contribution in [0.5, 0.6) is 11.5 Å². The molecule has 6 nitrogen and oxygen atoms in total. The molecule has 0 bridgehead atoms. The Bertz CT molecular complexity index is 1050. The lowest BCUT2D eigenvalue weighted by molar-refractivity contribution is -0.132. The average molecular weight is 510 g/mol. The number of methoxy groups -OCH3 is 1. The fraction of sp³-hybridized carbons (Fsp3) is 0.190. The van der Waals surface area contributed by atoms with Gasteiger partial charge in [0.05, 0.1) is 7.11 Å². The zero-order valence-corrected chi connectivity index (χ0v) is 19.6. The normalized spacial score (nSPS) is 14.3. The van der Waals surface area contributed by atoms with Crippen molar-refractivity contribution in [3.63, 3.8) is 0 Å². The van der Waals surface area contributed by atoms with Gasteiger partial charge in [-0.2, -0.15) is 0 Å². The van der Waals surface area contributed by atoms with Gasteiger partial charge in [0.25, 0.3) is 11.8 Å². The van der Waals surface area contributed by atoms with Crippen molar-refractivity contribution in [1.82, 2.24) is 9.80 Å². The molecule has 1 aliphatic rings. The maximum atomic E-state index is 12.6. The number of carbonyl (C=O) groups is 2. The van der Waals surface area contributed by atoms with E-state index in [1.807, 2.05) is 18.2 Å². The highest BCUT2D eigenvalue weighted by Crippen LogP contribution is 2.36. The molecule has 1 aliphatic heterocycles. The first-order valence-corrected chi connectivity index (χ1v) is 10.4. The number of likely N-dealkylation sites (N-methyl/N-ethyl adjacent to an activating group) is 2. The van der Waals surface area contributed by atoms with Crippen LogP contribution in [0, 0.1) is 0 Å². The van der Waals surface area contributed by atoms with Crippen molar-refractivity contribution >= 4 is 62.8 Å². The van der Waals surface area contributed by atoms with Gasteiger partial charge in [0.15, 0.2) is 16.6 Å². The number of ether oxygens (including phenoxy) is 2. The van der Waals surface area contributed by atoms with E-state index < -0.39 is 11.8 Å². The molecule has 9 heteroatoms. The second kappa shape index (κ2) is 9.16. The quantitative estimate of drug-likeness (QED) is 0.342. The van der Waals surface area contributed by atoms with Gasteiger partial charge in [-0.3, -0.25) is 19.4 Å². The predicted molar refractivity (Wildman–Crippen MR) is 123 cm³/mol. The third-order valence-corrected chi connectivity index (χ3v) is 6.17. The van der Waals surface area contributed by atoms with Gasteiger partial charge in [0.2, 0.25) is 0 Å². The molecule has 1 saturated heterocycles. The van der Waals surface area contributed by atoms with Crippen molar-refractivity contribution in [2.24, 2.45) is 0 Å². The first-order valence-electron chi connectivity index (χ1n) is 8.80. The van der Waals surface area contributed by atoms with Gasteiger partial charge < -0.3 is 9.47 Å². The van der Waals surface area contributed by atoms with E-state index in [0.717, 1.165) is 5.56 Å². The van der Waals surface area contributed by atoms with Gasteiger partial charge in [0.1, 0.15) is 12.2 Å². The molecule has 0 spiro atoms. The molecule has 0 aliphatic carbocycles. The van der Waals surface area contributed by atoms with Crippen LogP contribution in [0.1, 0.15) is 11.1 Å². The smallest absolute Gasteiger partial charge is 0.265 e. The SMILES string of the molecule is COc1cc(C=C2C(=O)N(C)C(=S)N(C)C2=O)c(Br)cc1OCc1ccccc1Cl. The van der Waals surface area contributed by atoms with Crippen molar-refractivity contribution < 1.29 is 19.1 Å². The zero-order chi connectivity index (χ0) is 22.0. The van der Waals surface area contributed by atoms with E-state index in [1.165, 1.54) is 37.1 Å². The molecular weight excluding hydrogens is 492 g/mol. The van der Waals surface area contributed by atoms with Crippen LogP contribution in [0.15, 0.2) is 46.4 Å². The van der Waals surface area contributed by atoms with E-state index in [0.29, 0.717) is 26.6 Å². The van der Waals surface area contributed by atoms with Crippen LogP contribution >= 0.6 is 39.7 Å². The molecule has 0 saturated carbocycles. The van der Waals surface area contributed by atoms with Crippen LogP contribution in [-0.4, -0.2) is 47.9 Å². The first-order chi connectivity index (χ1) is 14.2.